The van der Waals surface area contributed by atoms with Crippen LogP contribution in [0.25, 0.3) is 0 Å². The van der Waals surface area contributed by atoms with E-state index in [0.29, 0.717) is 6.29 Å². The molecule has 2 amide bonds. The number of hydrogen-bond acceptors (Lipinski definition) is 10. The van der Waals surface area contributed by atoms with Crippen LogP contribution in [0, 0.1) is 0 Å². The van der Waals surface area contributed by atoms with Crippen molar-refractivity contribution in [1.29, 1.82) is 0 Å². The normalized spacial score (nSPS) is 12.1. The van der Waals surface area contributed by atoms with Crippen molar-refractivity contribution in [1.82, 2.24) is 15.5 Å². The van der Waals surface area contributed by atoms with Gasteiger partial charge >= 0.3 is 0 Å². The lowest BCUT2D eigenvalue weighted by Crippen LogP contribution is -2.60. The summed E-state index contributed by atoms with van der Waals surface area (Å²) in [6, 6.07) is 0. The molecule has 0 unspecified atom stereocenters. The fraction of sp³-hybridized carbons (Fsp3) is 0.786. The molecule has 26 heavy (non-hydrogen) atoms. The van der Waals surface area contributed by atoms with Gasteiger partial charge < -0.3 is 46.1 Å². The number of amides is 2. The first-order valence-electron chi connectivity index (χ1n) is 7.73. The van der Waals surface area contributed by atoms with Gasteiger partial charge in [-0.1, -0.05) is 0 Å². The first-order chi connectivity index (χ1) is 12.3. The number of nitrogens with one attached hydrogen (secondary N) is 2. The van der Waals surface area contributed by atoms with Gasteiger partial charge in [-0.25, -0.2) is 0 Å². The van der Waals surface area contributed by atoms with Crippen LogP contribution >= 0.6 is 0 Å². The second kappa shape index (κ2) is 11.9. The lowest BCUT2D eigenvalue weighted by molar-refractivity contribution is -0.130. The van der Waals surface area contributed by atoms with E-state index in [0.717, 1.165) is 4.90 Å². The smallest absolute Gasteiger partial charge is 0.234 e. The minimum absolute atomic E-state index is 0.310. The van der Waals surface area contributed by atoms with E-state index in [1.807, 2.05) is 0 Å². The Hall–Kier alpha value is -1.67. The third kappa shape index (κ3) is 7.29. The Morgan fingerprint density at radius 3 is 1.27 bits per heavy atom. The molecule has 0 radical (unpaired) electrons. The highest BCUT2D eigenvalue weighted by atomic mass is 16.3. The molecule has 0 saturated carbocycles. The zero-order chi connectivity index (χ0) is 20.2. The number of aldehydes is 1. The first kappa shape index (κ1) is 24.3. The maximum atomic E-state index is 12.0. The summed E-state index contributed by atoms with van der Waals surface area (Å²) in [5.41, 5.74) is -3.29. The average Bonchev–Trinajstić information content (AvgIpc) is 2.64. The Bertz CT molecular complexity index is 400. The highest BCUT2D eigenvalue weighted by Crippen LogP contribution is 2.03. The summed E-state index contributed by atoms with van der Waals surface area (Å²) in [6.45, 7) is -5.64. The number of aliphatic hydroxyl groups excluding tert-OH is 6. The molecule has 0 aliphatic heterocycles. The van der Waals surface area contributed by atoms with Crippen LogP contribution in [0.15, 0.2) is 0 Å². The molecule has 0 saturated heterocycles. The van der Waals surface area contributed by atoms with Crippen molar-refractivity contribution in [3.8, 4) is 0 Å². The van der Waals surface area contributed by atoms with Crippen LogP contribution in [0.3, 0.4) is 0 Å². The van der Waals surface area contributed by atoms with Gasteiger partial charge in [-0.05, 0) is 0 Å². The van der Waals surface area contributed by atoms with Gasteiger partial charge in [-0.15, -0.1) is 0 Å². The minimum atomic E-state index is -1.65. The highest BCUT2D eigenvalue weighted by molar-refractivity contribution is 5.82. The fourth-order valence-corrected chi connectivity index (χ4v) is 1.90. The molecule has 0 heterocycles. The van der Waals surface area contributed by atoms with Crippen molar-refractivity contribution >= 4 is 18.1 Å². The molecule has 0 rings (SSSR count). The molecule has 0 aromatic heterocycles. The van der Waals surface area contributed by atoms with Gasteiger partial charge in [0, 0.05) is 0 Å². The lowest BCUT2D eigenvalue weighted by Gasteiger charge is -2.31. The van der Waals surface area contributed by atoms with E-state index in [2.05, 4.69) is 10.6 Å². The van der Waals surface area contributed by atoms with E-state index in [-0.39, 0.29) is 6.54 Å². The molecule has 0 aromatic rings. The number of rotatable bonds is 14. The van der Waals surface area contributed by atoms with Crippen LogP contribution in [-0.2, 0) is 14.4 Å². The molecule has 0 aromatic carbocycles. The third-order valence-corrected chi connectivity index (χ3v) is 3.69. The second-order valence-electron chi connectivity index (χ2n) is 5.94. The van der Waals surface area contributed by atoms with Crippen LogP contribution in [0.2, 0.25) is 0 Å². The summed E-state index contributed by atoms with van der Waals surface area (Å²) < 4.78 is 0. The van der Waals surface area contributed by atoms with Gasteiger partial charge in [0.15, 0.2) is 0 Å². The summed E-state index contributed by atoms with van der Waals surface area (Å²) in [6.07, 6.45) is 0.440. The average molecular weight is 381 g/mol. The standard InChI is InChI=1S/C14H27N3O9/c18-2-1-17(3-11(25)15-13(5-19,6-20)7-21)4-12(26)16-14(8-22,9-23)10-24/h2,19-24H,1,3-10H2,(H,15,25)(H,16,26). The molecule has 0 spiro atoms. The van der Waals surface area contributed by atoms with Crippen molar-refractivity contribution in [2.75, 3.05) is 59.3 Å². The maximum absolute atomic E-state index is 12.0. The van der Waals surface area contributed by atoms with Crippen LogP contribution in [0.4, 0.5) is 0 Å². The van der Waals surface area contributed by atoms with Crippen molar-refractivity contribution in [3.05, 3.63) is 0 Å². The predicted octanol–water partition coefficient (Wildman–Crippen LogP) is -5.85. The summed E-state index contributed by atoms with van der Waals surface area (Å²) in [5.74, 6) is -1.54. The zero-order valence-corrected chi connectivity index (χ0v) is 14.3. The van der Waals surface area contributed by atoms with Gasteiger partial charge in [-0.3, -0.25) is 14.5 Å². The Balaban J connectivity index is 4.90. The largest absolute Gasteiger partial charge is 0.394 e. The number of aliphatic hydroxyl groups is 6. The van der Waals surface area contributed by atoms with Crippen molar-refractivity contribution in [2.24, 2.45) is 0 Å². The van der Waals surface area contributed by atoms with Crippen LogP contribution in [0.5, 0.6) is 0 Å². The molecule has 8 N–H and O–H groups in total. The summed E-state index contributed by atoms with van der Waals surface area (Å²) in [5, 5.41) is 59.5. The predicted molar refractivity (Wildman–Crippen MR) is 86.8 cm³/mol. The molecule has 0 aliphatic carbocycles. The lowest BCUT2D eigenvalue weighted by atomic mass is 10.0. The summed E-state index contributed by atoms with van der Waals surface area (Å²) in [4.78, 5) is 35.8. The van der Waals surface area contributed by atoms with Crippen LogP contribution < -0.4 is 10.6 Å². The van der Waals surface area contributed by atoms with E-state index < -0.39 is 75.6 Å². The Morgan fingerprint density at radius 2 is 1.04 bits per heavy atom. The van der Waals surface area contributed by atoms with Crippen molar-refractivity contribution in [3.63, 3.8) is 0 Å². The Labute approximate surface area is 150 Å². The van der Waals surface area contributed by atoms with Crippen LogP contribution in [-0.4, -0.2) is 124 Å². The van der Waals surface area contributed by atoms with E-state index >= 15 is 0 Å². The molecule has 12 heteroatoms. The fourth-order valence-electron chi connectivity index (χ4n) is 1.90. The maximum Gasteiger partial charge on any atom is 0.234 e. The van der Waals surface area contributed by atoms with Gasteiger partial charge in [0.25, 0.3) is 0 Å². The van der Waals surface area contributed by atoms with E-state index in [1.54, 1.807) is 0 Å². The molecule has 0 fully saturated rings. The van der Waals surface area contributed by atoms with Gasteiger partial charge in [0.1, 0.15) is 17.4 Å². The number of carbonyl (C=O) groups excluding carboxylic acids is 3. The van der Waals surface area contributed by atoms with Crippen LogP contribution in [0.1, 0.15) is 0 Å². The molecule has 0 aliphatic rings. The van der Waals surface area contributed by atoms with Gasteiger partial charge in [0.05, 0.1) is 59.3 Å². The molecular weight excluding hydrogens is 354 g/mol. The first-order valence-corrected chi connectivity index (χ1v) is 7.73. The monoisotopic (exact) mass is 381 g/mol. The quantitative estimate of drug-likeness (QED) is 0.134. The molecule has 152 valence electrons. The van der Waals surface area contributed by atoms with E-state index in [9.17, 15) is 45.0 Å². The SMILES string of the molecule is O=CCN(CC(=O)NC(CO)(CO)CO)CC(=O)NC(CO)(CO)CO. The third-order valence-electron chi connectivity index (χ3n) is 3.69. The number of carbonyl (C=O) groups is 3. The Kier molecular flexibility index (Phi) is 11.1. The van der Waals surface area contributed by atoms with Gasteiger partial charge in [0.2, 0.25) is 11.8 Å². The molecule has 0 bridgehead atoms. The number of hydrogen-bond donors (Lipinski definition) is 8. The van der Waals surface area contributed by atoms with Crippen molar-refractivity contribution in [2.45, 2.75) is 11.1 Å². The molecule has 0 atom stereocenters. The van der Waals surface area contributed by atoms with Crippen molar-refractivity contribution < 1.29 is 45.0 Å². The Morgan fingerprint density at radius 1 is 0.731 bits per heavy atom. The second-order valence-corrected chi connectivity index (χ2v) is 5.94. The van der Waals surface area contributed by atoms with Gasteiger partial charge in [-0.2, -0.15) is 0 Å². The molecule has 12 nitrogen and oxygen atoms in total. The van der Waals surface area contributed by atoms with E-state index in [1.165, 1.54) is 0 Å². The summed E-state index contributed by atoms with van der Waals surface area (Å²) >= 11 is 0. The zero-order valence-electron chi connectivity index (χ0n) is 14.3. The topological polar surface area (TPSA) is 200 Å². The summed E-state index contributed by atoms with van der Waals surface area (Å²) in [7, 11) is 0. The van der Waals surface area contributed by atoms with E-state index in [4.69, 9.17) is 0 Å². The molecular formula is C14H27N3O9. The highest BCUT2D eigenvalue weighted by Gasteiger charge is 2.32. The number of nitrogens with zero attached hydrogens (tertiary/aromatic N) is 1. The minimum Gasteiger partial charge on any atom is -0.394 e.